The highest BCUT2D eigenvalue weighted by atomic mass is 35.6. The zero-order chi connectivity index (χ0) is 15.7. The molecule has 10 heteroatoms. The summed E-state index contributed by atoms with van der Waals surface area (Å²) in [5, 5.41) is 2.66. The number of carbonyl (C=O) groups excluding carboxylic acids is 2. The summed E-state index contributed by atoms with van der Waals surface area (Å²) in [5.74, 6) is 0.0989. The Morgan fingerprint density at radius 2 is 1.90 bits per heavy atom. The zero-order valence-electron chi connectivity index (χ0n) is 11.6. The predicted octanol–water partition coefficient (Wildman–Crippen LogP) is 1.25. The average Bonchev–Trinajstić information content (AvgIpc) is 2.90. The van der Waals surface area contributed by atoms with E-state index in [9.17, 15) is 9.59 Å². The number of urea groups is 1. The molecule has 7 nitrogen and oxygen atoms in total. The Kier molecular flexibility index (Phi) is 10.0. The first-order valence-electron chi connectivity index (χ1n) is 5.91. The van der Waals surface area contributed by atoms with Gasteiger partial charge in [0.25, 0.3) is 0 Å². The highest BCUT2D eigenvalue weighted by molar-refractivity contribution is 6.24. The molecule has 2 saturated heterocycles. The van der Waals surface area contributed by atoms with Crippen molar-refractivity contribution in [2.24, 2.45) is 0 Å². The van der Waals surface area contributed by atoms with E-state index < -0.39 is 0 Å². The average molecular weight is 350 g/mol. The second kappa shape index (κ2) is 10.3. The predicted molar refractivity (Wildman–Crippen MR) is 78.5 cm³/mol. The van der Waals surface area contributed by atoms with Gasteiger partial charge in [-0.05, 0) is 6.54 Å². The van der Waals surface area contributed by atoms with E-state index in [4.69, 9.17) is 11.6 Å². The summed E-state index contributed by atoms with van der Waals surface area (Å²) in [6.07, 6.45) is 0. The van der Waals surface area contributed by atoms with Gasteiger partial charge in [0.2, 0.25) is 5.91 Å². The fourth-order valence-electron chi connectivity index (χ4n) is 1.55. The molecule has 0 aromatic carbocycles. The molecular weight excluding hydrogens is 330 g/mol. The van der Waals surface area contributed by atoms with Gasteiger partial charge >= 0.3 is 6.03 Å². The lowest BCUT2D eigenvalue weighted by atomic mass is 10.5. The minimum absolute atomic E-state index is 0.0417. The highest BCUT2D eigenvalue weighted by Gasteiger charge is 2.31. The molecule has 0 radical (unpaired) electrons. The lowest BCUT2D eigenvalue weighted by Crippen LogP contribution is -2.31. The number of rotatable bonds is 1. The highest BCUT2D eigenvalue weighted by Crippen LogP contribution is 2.15. The molecule has 2 heterocycles. The minimum Gasteiger partial charge on any atom is -0.336 e. The monoisotopic (exact) mass is 348 g/mol. The number of nitrogens with one attached hydrogen (secondary N) is 1. The zero-order valence-corrected chi connectivity index (χ0v) is 13.9. The third kappa shape index (κ3) is 6.32. The van der Waals surface area contributed by atoms with Crippen LogP contribution in [0.2, 0.25) is 0 Å². The van der Waals surface area contributed by atoms with Crippen molar-refractivity contribution in [3.63, 3.8) is 0 Å². The lowest BCUT2D eigenvalue weighted by molar-refractivity contribution is -0.125. The first-order chi connectivity index (χ1) is 9.38. The van der Waals surface area contributed by atoms with Crippen LogP contribution >= 0.6 is 35.3 Å². The second-order valence-electron chi connectivity index (χ2n) is 4.09. The van der Waals surface area contributed by atoms with E-state index in [0.717, 1.165) is 19.6 Å². The van der Waals surface area contributed by atoms with Crippen molar-refractivity contribution in [2.45, 2.75) is 12.5 Å². The van der Waals surface area contributed by atoms with Crippen LogP contribution in [-0.4, -0.2) is 72.5 Å². The standard InChI is InChI=1S/C6H11ClN2O.C4H8N2O.Cl2O/c1-3-9-4-5(10)8(2)6(9)7;1-6-3-2-5-4(6)7;1-3-2/h6H,3-4H2,1-2H3;2-3H2,1H3,(H,5,7);. The van der Waals surface area contributed by atoms with Crippen molar-refractivity contribution in [2.75, 3.05) is 40.3 Å². The van der Waals surface area contributed by atoms with Gasteiger partial charge in [-0.3, -0.25) is 9.69 Å². The summed E-state index contributed by atoms with van der Waals surface area (Å²) in [4.78, 5) is 26.4. The second-order valence-corrected chi connectivity index (χ2v) is 4.95. The Hall–Kier alpha value is -0.470. The van der Waals surface area contributed by atoms with Gasteiger partial charge in [-0.1, -0.05) is 18.5 Å². The van der Waals surface area contributed by atoms with Crippen molar-refractivity contribution >= 4 is 47.3 Å². The molecule has 1 unspecified atom stereocenters. The van der Waals surface area contributed by atoms with E-state index in [1.165, 1.54) is 0 Å². The Bertz CT molecular complexity index is 322. The molecule has 0 aliphatic carbocycles. The van der Waals surface area contributed by atoms with Gasteiger partial charge in [0, 0.05) is 27.2 Å². The molecule has 2 aliphatic rings. The van der Waals surface area contributed by atoms with Gasteiger partial charge in [-0.15, -0.1) is 0 Å². The number of carbonyl (C=O) groups is 2. The smallest absolute Gasteiger partial charge is 0.317 e. The summed E-state index contributed by atoms with van der Waals surface area (Å²) in [6.45, 7) is 4.92. The van der Waals surface area contributed by atoms with Gasteiger partial charge in [0.05, 0.1) is 30.3 Å². The van der Waals surface area contributed by atoms with Crippen molar-refractivity contribution in [3.05, 3.63) is 0 Å². The van der Waals surface area contributed by atoms with E-state index in [1.807, 2.05) is 11.8 Å². The van der Waals surface area contributed by atoms with E-state index in [1.54, 1.807) is 23.9 Å². The number of hydrogen-bond acceptors (Lipinski definition) is 4. The van der Waals surface area contributed by atoms with Gasteiger partial charge in [0.15, 0.2) is 5.62 Å². The Morgan fingerprint density at radius 1 is 1.35 bits per heavy atom. The van der Waals surface area contributed by atoms with Crippen LogP contribution in [0.4, 0.5) is 4.79 Å². The Morgan fingerprint density at radius 3 is 2.05 bits per heavy atom. The quantitative estimate of drug-likeness (QED) is 0.572. The molecule has 1 atom stereocenters. The van der Waals surface area contributed by atoms with E-state index >= 15 is 0 Å². The fraction of sp³-hybridized carbons (Fsp3) is 0.800. The first-order valence-corrected chi connectivity index (χ1v) is 6.96. The molecule has 2 fully saturated rings. The maximum absolute atomic E-state index is 11.0. The van der Waals surface area contributed by atoms with E-state index in [-0.39, 0.29) is 17.6 Å². The SMILES string of the molecule is CCN1CC(=O)N(C)C1Cl.CN1CCNC1=O.ClOCl. The van der Waals surface area contributed by atoms with Crippen LogP contribution in [-0.2, 0) is 8.64 Å². The number of halogens is 3. The lowest BCUT2D eigenvalue weighted by Gasteiger charge is -2.19. The Labute approximate surface area is 134 Å². The van der Waals surface area contributed by atoms with E-state index in [2.05, 4.69) is 32.9 Å². The minimum atomic E-state index is -0.238. The topological polar surface area (TPSA) is 65.1 Å². The summed E-state index contributed by atoms with van der Waals surface area (Å²) in [7, 11) is 3.50. The van der Waals surface area contributed by atoms with E-state index in [0.29, 0.717) is 6.54 Å². The Balaban J connectivity index is 0.000000315. The van der Waals surface area contributed by atoms with Gasteiger partial charge in [0.1, 0.15) is 0 Å². The van der Waals surface area contributed by atoms with Crippen LogP contribution in [0.25, 0.3) is 0 Å². The first kappa shape index (κ1) is 19.5. The molecule has 118 valence electrons. The summed E-state index contributed by atoms with van der Waals surface area (Å²) in [6, 6.07) is 0.0417. The van der Waals surface area contributed by atoms with Gasteiger partial charge in [-0.2, -0.15) is 3.84 Å². The molecule has 2 aliphatic heterocycles. The number of hydrogen-bond donors (Lipinski definition) is 1. The number of likely N-dealkylation sites (N-methyl/N-ethyl adjacent to an activating group) is 3. The molecule has 1 N–H and O–H groups in total. The molecule has 20 heavy (non-hydrogen) atoms. The molecule has 0 aromatic heterocycles. The molecule has 2 rings (SSSR count). The van der Waals surface area contributed by atoms with Crippen LogP contribution in [0.3, 0.4) is 0 Å². The van der Waals surface area contributed by atoms with Crippen LogP contribution in [0.15, 0.2) is 0 Å². The summed E-state index contributed by atoms with van der Waals surface area (Å²) in [5.41, 5.74) is -0.238. The maximum Gasteiger partial charge on any atom is 0.317 e. The molecule has 0 bridgehead atoms. The third-order valence-electron chi connectivity index (χ3n) is 2.83. The van der Waals surface area contributed by atoms with Crippen LogP contribution in [0.1, 0.15) is 6.92 Å². The molecule has 0 spiro atoms. The number of nitrogens with zero attached hydrogens (tertiary/aromatic N) is 3. The van der Waals surface area contributed by atoms with Crippen LogP contribution < -0.4 is 5.32 Å². The number of amides is 3. The van der Waals surface area contributed by atoms with Gasteiger partial charge in [-0.25, -0.2) is 4.79 Å². The molecular formula is C10H19Cl3N4O3. The van der Waals surface area contributed by atoms with Crippen molar-refractivity contribution in [1.29, 1.82) is 0 Å². The largest absolute Gasteiger partial charge is 0.336 e. The summed E-state index contributed by atoms with van der Waals surface area (Å²) >= 11 is 14.4. The molecule has 3 amide bonds. The van der Waals surface area contributed by atoms with Crippen molar-refractivity contribution in [1.82, 2.24) is 20.0 Å². The fourth-order valence-corrected chi connectivity index (χ4v) is 1.87. The van der Waals surface area contributed by atoms with Crippen LogP contribution in [0, 0.1) is 0 Å². The molecule has 0 aromatic rings. The normalized spacial score (nSPS) is 22.0. The van der Waals surface area contributed by atoms with Gasteiger partial charge < -0.3 is 15.1 Å². The maximum atomic E-state index is 11.0. The molecule has 0 saturated carbocycles. The van der Waals surface area contributed by atoms with Crippen molar-refractivity contribution in [3.8, 4) is 0 Å². The van der Waals surface area contributed by atoms with Crippen LogP contribution in [0.5, 0.6) is 0 Å². The third-order valence-corrected chi connectivity index (χ3v) is 3.40. The van der Waals surface area contributed by atoms with Crippen molar-refractivity contribution < 1.29 is 13.4 Å². The number of alkyl halides is 1. The summed E-state index contributed by atoms with van der Waals surface area (Å²) < 4.78 is 3.19.